The van der Waals surface area contributed by atoms with Crippen LogP contribution in [0.15, 0.2) is 22.7 Å². The number of nitrogens with zero attached hydrogens (tertiary/aromatic N) is 1. The molecule has 1 amide bonds. The number of carbonyl (C=O) groups excluding carboxylic acids is 1. The van der Waals surface area contributed by atoms with Crippen molar-refractivity contribution in [3.63, 3.8) is 0 Å². The number of rotatable bonds is 5. The van der Waals surface area contributed by atoms with Gasteiger partial charge >= 0.3 is 6.18 Å². The summed E-state index contributed by atoms with van der Waals surface area (Å²) in [6, 6.07) is 4.61. The Balaban J connectivity index is 3.00. The number of hydrogen-bond donors (Lipinski definition) is 0. The second-order valence-corrected chi connectivity index (χ2v) is 5.53. The van der Waals surface area contributed by atoms with Gasteiger partial charge in [-0.25, -0.2) is 0 Å². The van der Waals surface area contributed by atoms with Crippen molar-refractivity contribution in [1.29, 1.82) is 0 Å². The van der Waals surface area contributed by atoms with Crippen molar-refractivity contribution in [2.24, 2.45) is 0 Å². The van der Waals surface area contributed by atoms with Crippen molar-refractivity contribution < 1.29 is 18.0 Å². The van der Waals surface area contributed by atoms with Gasteiger partial charge in [-0.1, -0.05) is 31.0 Å². The number of unbranched alkanes of at least 4 members (excludes halogenated alkanes) is 1. The number of halogens is 5. The highest BCUT2D eigenvalue weighted by molar-refractivity contribution is 9.10. The van der Waals surface area contributed by atoms with Crippen LogP contribution in [0.1, 0.15) is 30.1 Å². The molecule has 20 heavy (non-hydrogen) atoms. The molecular weight excluding hydrogens is 358 g/mol. The van der Waals surface area contributed by atoms with E-state index in [1.807, 2.05) is 6.92 Å². The van der Waals surface area contributed by atoms with Crippen LogP contribution < -0.4 is 0 Å². The third-order valence-electron chi connectivity index (χ3n) is 2.62. The maximum Gasteiger partial charge on any atom is 0.406 e. The molecule has 0 fully saturated rings. The Morgan fingerprint density at radius 3 is 2.60 bits per heavy atom. The lowest BCUT2D eigenvalue weighted by Gasteiger charge is -2.24. The smallest absolute Gasteiger partial charge is 0.329 e. The highest BCUT2D eigenvalue weighted by Crippen LogP contribution is 2.28. The Morgan fingerprint density at radius 1 is 1.40 bits per heavy atom. The summed E-state index contributed by atoms with van der Waals surface area (Å²) in [6.07, 6.45) is -3.22. The number of amides is 1. The molecule has 0 saturated heterocycles. The maximum absolute atomic E-state index is 12.6. The molecule has 0 spiro atoms. The van der Waals surface area contributed by atoms with Crippen LogP contribution in [0.5, 0.6) is 0 Å². The van der Waals surface area contributed by atoms with E-state index in [0.717, 1.165) is 4.90 Å². The Morgan fingerprint density at radius 2 is 2.05 bits per heavy atom. The molecule has 7 heteroatoms. The van der Waals surface area contributed by atoms with Gasteiger partial charge in [-0.2, -0.15) is 13.2 Å². The predicted octanol–water partition coefficient (Wildman–Crippen LogP) is 4.91. The molecule has 0 aliphatic rings. The summed E-state index contributed by atoms with van der Waals surface area (Å²) >= 11 is 9.11. The van der Waals surface area contributed by atoms with Crippen molar-refractivity contribution in [2.75, 3.05) is 13.1 Å². The first kappa shape index (κ1) is 17.3. The minimum Gasteiger partial charge on any atom is -0.329 e. The van der Waals surface area contributed by atoms with Crippen LogP contribution >= 0.6 is 27.5 Å². The Kier molecular flexibility index (Phi) is 6.33. The van der Waals surface area contributed by atoms with Gasteiger partial charge in [-0.15, -0.1) is 0 Å². The molecule has 0 saturated carbocycles. The summed E-state index contributed by atoms with van der Waals surface area (Å²) in [4.78, 5) is 13.0. The quantitative estimate of drug-likeness (QED) is 0.719. The molecule has 1 rings (SSSR count). The standard InChI is InChI=1S/C13H14BrClF3NO/c1-2-3-7-19(8-13(16,17)18)12(20)9-5-4-6-10(14)11(9)15/h4-6H,2-3,7-8H2,1H3. The number of benzene rings is 1. The van der Waals surface area contributed by atoms with E-state index in [0.29, 0.717) is 17.3 Å². The van der Waals surface area contributed by atoms with Crippen molar-refractivity contribution >= 4 is 33.4 Å². The van der Waals surface area contributed by atoms with Crippen LogP contribution in [-0.2, 0) is 0 Å². The SMILES string of the molecule is CCCCN(CC(F)(F)F)C(=O)c1cccc(Br)c1Cl. The van der Waals surface area contributed by atoms with Crippen LogP contribution in [0.4, 0.5) is 13.2 Å². The fourth-order valence-corrected chi connectivity index (χ4v) is 2.23. The van der Waals surface area contributed by atoms with Gasteiger partial charge < -0.3 is 4.90 Å². The van der Waals surface area contributed by atoms with Gasteiger partial charge in [-0.05, 0) is 34.5 Å². The monoisotopic (exact) mass is 371 g/mol. The van der Waals surface area contributed by atoms with Gasteiger partial charge in [0.05, 0.1) is 10.6 Å². The molecule has 0 atom stereocenters. The molecule has 0 heterocycles. The fraction of sp³-hybridized carbons (Fsp3) is 0.462. The molecule has 1 aromatic carbocycles. The van der Waals surface area contributed by atoms with Crippen molar-refractivity contribution in [3.05, 3.63) is 33.3 Å². The van der Waals surface area contributed by atoms with E-state index in [-0.39, 0.29) is 17.1 Å². The first-order valence-corrected chi connectivity index (χ1v) is 7.23. The highest BCUT2D eigenvalue weighted by Gasteiger charge is 2.33. The molecule has 1 aromatic rings. The predicted molar refractivity (Wildman–Crippen MR) is 76.0 cm³/mol. The summed E-state index contributed by atoms with van der Waals surface area (Å²) in [5, 5.41) is 0.126. The minimum absolute atomic E-state index is 0.0533. The third kappa shape index (κ3) is 4.98. The molecule has 0 N–H and O–H groups in total. The van der Waals surface area contributed by atoms with E-state index in [9.17, 15) is 18.0 Å². The second-order valence-electron chi connectivity index (χ2n) is 4.30. The third-order valence-corrected chi connectivity index (χ3v) is 3.92. The zero-order valence-electron chi connectivity index (χ0n) is 10.8. The van der Waals surface area contributed by atoms with E-state index in [4.69, 9.17) is 11.6 Å². The molecule has 0 unspecified atom stereocenters. The van der Waals surface area contributed by atoms with Gasteiger partial charge in [-0.3, -0.25) is 4.79 Å². The van der Waals surface area contributed by atoms with Crippen molar-refractivity contribution in [3.8, 4) is 0 Å². The first-order valence-electron chi connectivity index (χ1n) is 6.06. The number of carbonyl (C=O) groups is 1. The molecule has 0 aromatic heterocycles. The Hall–Kier alpha value is -0.750. The van der Waals surface area contributed by atoms with Gasteiger partial charge in [0.1, 0.15) is 6.54 Å². The molecule has 2 nitrogen and oxygen atoms in total. The van der Waals surface area contributed by atoms with E-state index in [1.54, 1.807) is 12.1 Å². The zero-order chi connectivity index (χ0) is 15.3. The lowest BCUT2D eigenvalue weighted by atomic mass is 10.2. The zero-order valence-corrected chi connectivity index (χ0v) is 13.1. The summed E-state index contributed by atoms with van der Waals surface area (Å²) in [7, 11) is 0. The largest absolute Gasteiger partial charge is 0.406 e. The average molecular weight is 373 g/mol. The lowest BCUT2D eigenvalue weighted by molar-refractivity contribution is -0.140. The number of alkyl halides is 3. The Labute approximate surface area is 129 Å². The van der Waals surface area contributed by atoms with Crippen LogP contribution in [0.25, 0.3) is 0 Å². The van der Waals surface area contributed by atoms with Crippen LogP contribution in [0.3, 0.4) is 0 Å². The van der Waals surface area contributed by atoms with Crippen LogP contribution in [0, 0.1) is 0 Å². The van der Waals surface area contributed by atoms with Crippen molar-refractivity contribution in [1.82, 2.24) is 4.90 Å². The lowest BCUT2D eigenvalue weighted by Crippen LogP contribution is -2.39. The first-order chi connectivity index (χ1) is 9.26. The maximum atomic E-state index is 12.6. The van der Waals surface area contributed by atoms with E-state index in [2.05, 4.69) is 15.9 Å². The van der Waals surface area contributed by atoms with E-state index < -0.39 is 18.6 Å². The summed E-state index contributed by atoms with van der Waals surface area (Å²) in [5.74, 6) is -0.706. The van der Waals surface area contributed by atoms with Crippen molar-refractivity contribution in [2.45, 2.75) is 25.9 Å². The van der Waals surface area contributed by atoms with Crippen LogP contribution in [0.2, 0.25) is 5.02 Å². The second kappa shape index (κ2) is 7.31. The molecule has 0 aliphatic carbocycles. The van der Waals surface area contributed by atoms with Crippen LogP contribution in [-0.4, -0.2) is 30.1 Å². The van der Waals surface area contributed by atoms with Gasteiger partial charge in [0.25, 0.3) is 5.91 Å². The molecule has 0 aliphatic heterocycles. The summed E-state index contributed by atoms with van der Waals surface area (Å²) < 4.78 is 38.1. The van der Waals surface area contributed by atoms with Gasteiger partial charge in [0.15, 0.2) is 0 Å². The fourth-order valence-electron chi connectivity index (χ4n) is 1.66. The molecule has 112 valence electrons. The highest BCUT2D eigenvalue weighted by atomic mass is 79.9. The molecule has 0 radical (unpaired) electrons. The van der Waals surface area contributed by atoms with E-state index >= 15 is 0 Å². The minimum atomic E-state index is -4.43. The normalized spacial score (nSPS) is 11.5. The Bertz CT molecular complexity index is 479. The topological polar surface area (TPSA) is 20.3 Å². The average Bonchev–Trinajstić information content (AvgIpc) is 2.35. The van der Waals surface area contributed by atoms with Gasteiger partial charge in [0, 0.05) is 11.0 Å². The molecular formula is C13H14BrClF3NO. The summed E-state index contributed by atoms with van der Waals surface area (Å²) in [5.41, 5.74) is 0.0707. The van der Waals surface area contributed by atoms with Gasteiger partial charge in [0.2, 0.25) is 0 Å². The van der Waals surface area contributed by atoms with E-state index in [1.165, 1.54) is 6.07 Å². The summed E-state index contributed by atoms with van der Waals surface area (Å²) in [6.45, 7) is 0.634. The molecule has 0 bridgehead atoms. The number of hydrogen-bond acceptors (Lipinski definition) is 1.